The number of carbonyl (C=O) groups excluding carboxylic acids is 1. The number of rotatable bonds is 6. The van der Waals surface area contributed by atoms with Crippen LogP contribution in [0, 0.1) is 5.41 Å². The first-order valence-corrected chi connectivity index (χ1v) is 11.1. The van der Waals surface area contributed by atoms with Gasteiger partial charge >= 0.3 is 0 Å². The second-order valence-corrected chi connectivity index (χ2v) is 9.48. The fourth-order valence-corrected chi connectivity index (χ4v) is 3.87. The summed E-state index contributed by atoms with van der Waals surface area (Å²) >= 11 is 3.61. The fourth-order valence-electron chi connectivity index (χ4n) is 3.34. The molecule has 2 atom stereocenters. The first-order valence-electron chi connectivity index (χ1n) is 10.3. The van der Waals surface area contributed by atoms with E-state index in [1.807, 2.05) is 112 Å². The van der Waals surface area contributed by atoms with E-state index in [-0.39, 0.29) is 11.8 Å². The molecule has 160 valence electrons. The average molecular weight is 478 g/mol. The summed E-state index contributed by atoms with van der Waals surface area (Å²) in [7, 11) is 0. The van der Waals surface area contributed by atoms with Gasteiger partial charge in [-0.2, -0.15) is 0 Å². The van der Waals surface area contributed by atoms with Crippen LogP contribution < -0.4 is 5.32 Å². The molecule has 0 aliphatic heterocycles. The van der Waals surface area contributed by atoms with Crippen LogP contribution in [-0.2, 0) is 4.79 Å². The van der Waals surface area contributed by atoms with Crippen molar-refractivity contribution in [1.29, 1.82) is 0 Å². The van der Waals surface area contributed by atoms with Crippen LogP contribution >= 0.6 is 15.9 Å². The van der Waals surface area contributed by atoms with E-state index < -0.39 is 11.5 Å². The zero-order chi connectivity index (χ0) is 22.4. The van der Waals surface area contributed by atoms with Crippen molar-refractivity contribution in [3.05, 3.63) is 106 Å². The SMILES string of the molecule is CC(C)(C)C(=O)Nc1ccccc1[C@@H](c1ccccc1)[C@H](O)/C(Br)=C/c1ccccc1. The average Bonchev–Trinajstić information content (AvgIpc) is 2.76. The van der Waals surface area contributed by atoms with Crippen LogP contribution in [0.4, 0.5) is 5.69 Å². The van der Waals surface area contributed by atoms with Crippen LogP contribution in [0.5, 0.6) is 0 Å². The van der Waals surface area contributed by atoms with Gasteiger partial charge in [0.25, 0.3) is 0 Å². The predicted molar refractivity (Wildman–Crippen MR) is 132 cm³/mol. The summed E-state index contributed by atoms with van der Waals surface area (Å²) in [6, 6.07) is 27.4. The minimum Gasteiger partial charge on any atom is -0.387 e. The molecule has 0 unspecified atom stereocenters. The molecule has 0 aliphatic rings. The summed E-state index contributed by atoms with van der Waals surface area (Å²) in [5.74, 6) is -0.438. The summed E-state index contributed by atoms with van der Waals surface area (Å²) in [6.45, 7) is 5.65. The Bertz CT molecular complexity index is 1040. The molecule has 1 amide bonds. The van der Waals surface area contributed by atoms with Crippen LogP contribution in [0.25, 0.3) is 6.08 Å². The van der Waals surface area contributed by atoms with Gasteiger partial charge in [0.05, 0.1) is 6.10 Å². The highest BCUT2D eigenvalue weighted by Gasteiger charge is 2.29. The summed E-state index contributed by atoms with van der Waals surface area (Å²) < 4.78 is 0.671. The van der Waals surface area contributed by atoms with E-state index in [4.69, 9.17) is 0 Å². The van der Waals surface area contributed by atoms with Crippen LogP contribution in [0.15, 0.2) is 89.4 Å². The zero-order valence-electron chi connectivity index (χ0n) is 18.0. The zero-order valence-corrected chi connectivity index (χ0v) is 19.6. The van der Waals surface area contributed by atoms with Crippen molar-refractivity contribution in [2.45, 2.75) is 32.8 Å². The Morgan fingerprint density at radius 1 is 0.903 bits per heavy atom. The van der Waals surface area contributed by atoms with Gasteiger partial charge in [0.1, 0.15) is 0 Å². The Hall–Kier alpha value is -2.69. The van der Waals surface area contributed by atoms with Crippen molar-refractivity contribution >= 4 is 33.6 Å². The van der Waals surface area contributed by atoms with Crippen molar-refractivity contribution < 1.29 is 9.90 Å². The largest absolute Gasteiger partial charge is 0.387 e. The molecule has 0 aromatic heterocycles. The number of amides is 1. The minimum absolute atomic E-state index is 0.0693. The first-order chi connectivity index (χ1) is 14.8. The Balaban J connectivity index is 2.06. The van der Waals surface area contributed by atoms with E-state index in [0.717, 1.165) is 16.7 Å². The highest BCUT2D eigenvalue weighted by molar-refractivity contribution is 9.11. The Labute approximate surface area is 193 Å². The fraction of sp³-hybridized carbons (Fsp3) is 0.222. The van der Waals surface area contributed by atoms with Crippen LogP contribution in [-0.4, -0.2) is 17.1 Å². The molecular formula is C27H28BrNO2. The van der Waals surface area contributed by atoms with Crippen LogP contribution in [0.1, 0.15) is 43.4 Å². The van der Waals surface area contributed by atoms with Crippen molar-refractivity contribution in [2.75, 3.05) is 5.32 Å². The Morgan fingerprint density at radius 2 is 1.45 bits per heavy atom. The van der Waals surface area contributed by atoms with Gasteiger partial charge in [-0.25, -0.2) is 0 Å². The van der Waals surface area contributed by atoms with Gasteiger partial charge in [-0.3, -0.25) is 4.79 Å². The van der Waals surface area contributed by atoms with Crippen molar-refractivity contribution in [3.8, 4) is 0 Å². The number of carbonyl (C=O) groups is 1. The van der Waals surface area contributed by atoms with E-state index >= 15 is 0 Å². The van der Waals surface area contributed by atoms with Gasteiger partial charge in [0.2, 0.25) is 5.91 Å². The second kappa shape index (κ2) is 10.1. The number of aliphatic hydroxyl groups excluding tert-OH is 1. The third-order valence-electron chi connectivity index (χ3n) is 5.09. The number of aliphatic hydroxyl groups is 1. The minimum atomic E-state index is -0.838. The highest BCUT2D eigenvalue weighted by Crippen LogP contribution is 2.38. The third kappa shape index (κ3) is 5.93. The molecule has 31 heavy (non-hydrogen) atoms. The van der Waals surface area contributed by atoms with E-state index in [1.165, 1.54) is 0 Å². The summed E-state index contributed by atoms with van der Waals surface area (Å²) in [5.41, 5.74) is 3.00. The lowest BCUT2D eigenvalue weighted by Crippen LogP contribution is -2.29. The quantitative estimate of drug-likeness (QED) is 0.420. The second-order valence-electron chi connectivity index (χ2n) is 8.56. The molecule has 4 heteroatoms. The molecular weight excluding hydrogens is 450 g/mol. The summed E-state index contributed by atoms with van der Waals surface area (Å²) in [6.07, 6.45) is 1.09. The molecule has 0 bridgehead atoms. The molecule has 0 fully saturated rings. The number of benzene rings is 3. The van der Waals surface area contributed by atoms with Gasteiger partial charge in [0.15, 0.2) is 0 Å². The van der Waals surface area contributed by atoms with Crippen molar-refractivity contribution in [1.82, 2.24) is 0 Å². The third-order valence-corrected chi connectivity index (χ3v) is 5.78. The number of anilines is 1. The van der Waals surface area contributed by atoms with Crippen molar-refractivity contribution in [2.24, 2.45) is 5.41 Å². The number of nitrogens with one attached hydrogen (secondary N) is 1. The molecule has 2 N–H and O–H groups in total. The molecule has 0 aliphatic carbocycles. The van der Waals surface area contributed by atoms with Gasteiger partial charge in [0, 0.05) is 21.5 Å². The number of para-hydroxylation sites is 1. The maximum Gasteiger partial charge on any atom is 0.229 e. The van der Waals surface area contributed by atoms with Gasteiger partial charge in [-0.1, -0.05) is 116 Å². The number of hydrogen-bond acceptors (Lipinski definition) is 2. The van der Waals surface area contributed by atoms with E-state index in [0.29, 0.717) is 10.2 Å². The molecule has 0 spiro atoms. The Kier molecular flexibility index (Phi) is 7.47. The molecule has 3 nitrogen and oxygen atoms in total. The molecule has 3 aromatic carbocycles. The molecule has 0 saturated heterocycles. The standard InChI is InChI=1S/C27H28BrNO2/c1-27(2,3)26(31)29-23-17-11-10-16-21(23)24(20-14-8-5-9-15-20)25(30)22(28)18-19-12-6-4-7-13-19/h4-18,24-25,30H,1-3H3,(H,29,31)/b22-18-/t24-,25-/m1/s1. The van der Waals surface area contributed by atoms with Gasteiger partial charge in [-0.05, 0) is 28.8 Å². The normalized spacial score (nSPS) is 14.0. The summed E-state index contributed by atoms with van der Waals surface area (Å²) in [5, 5.41) is 14.5. The maximum absolute atomic E-state index is 12.7. The van der Waals surface area contributed by atoms with E-state index in [2.05, 4.69) is 21.2 Å². The van der Waals surface area contributed by atoms with Gasteiger partial charge < -0.3 is 10.4 Å². The predicted octanol–water partition coefficient (Wildman–Crippen LogP) is 6.60. The van der Waals surface area contributed by atoms with Crippen molar-refractivity contribution in [3.63, 3.8) is 0 Å². The smallest absolute Gasteiger partial charge is 0.229 e. The van der Waals surface area contributed by atoms with Gasteiger partial charge in [-0.15, -0.1) is 0 Å². The van der Waals surface area contributed by atoms with Crippen LogP contribution in [0.2, 0.25) is 0 Å². The van der Waals surface area contributed by atoms with E-state index in [9.17, 15) is 9.90 Å². The molecule has 0 radical (unpaired) electrons. The van der Waals surface area contributed by atoms with Crippen LogP contribution in [0.3, 0.4) is 0 Å². The topological polar surface area (TPSA) is 49.3 Å². The lowest BCUT2D eigenvalue weighted by atomic mass is 9.84. The maximum atomic E-state index is 12.7. The molecule has 3 aromatic rings. The van der Waals surface area contributed by atoms with E-state index in [1.54, 1.807) is 0 Å². The lowest BCUT2D eigenvalue weighted by Gasteiger charge is -2.27. The number of hydrogen-bond donors (Lipinski definition) is 2. The first kappa shape index (κ1) is 23.0. The summed E-state index contributed by atoms with van der Waals surface area (Å²) in [4.78, 5) is 12.7. The monoisotopic (exact) mass is 477 g/mol. The Morgan fingerprint density at radius 3 is 2.06 bits per heavy atom. The lowest BCUT2D eigenvalue weighted by molar-refractivity contribution is -0.123. The molecule has 0 saturated carbocycles. The molecule has 3 rings (SSSR count). The molecule has 0 heterocycles. The number of halogens is 1. The highest BCUT2D eigenvalue weighted by atomic mass is 79.9.